The van der Waals surface area contributed by atoms with Gasteiger partial charge >= 0.3 is 5.97 Å². The number of aromatic hydroxyl groups is 1. The molecule has 1 heterocycles. The fourth-order valence-corrected chi connectivity index (χ4v) is 2.20. The van der Waals surface area contributed by atoms with E-state index in [0.29, 0.717) is 12.8 Å². The SMILES string of the molecule is CC(NC(=O)C1CCC(C(=O)O)O1)c1cccc(O)c1. The lowest BCUT2D eigenvalue weighted by Crippen LogP contribution is -2.37. The first-order valence-electron chi connectivity index (χ1n) is 6.45. The molecule has 1 saturated heterocycles. The van der Waals surface area contributed by atoms with Gasteiger partial charge in [0.15, 0.2) is 6.10 Å². The molecular formula is C14H17NO5. The summed E-state index contributed by atoms with van der Waals surface area (Å²) in [7, 11) is 0. The topological polar surface area (TPSA) is 95.9 Å². The molecule has 0 bridgehead atoms. The number of nitrogens with one attached hydrogen (secondary N) is 1. The third-order valence-corrected chi connectivity index (χ3v) is 3.32. The molecule has 3 atom stereocenters. The molecule has 1 aliphatic rings. The van der Waals surface area contributed by atoms with E-state index in [1.54, 1.807) is 31.2 Å². The zero-order valence-electron chi connectivity index (χ0n) is 11.1. The number of rotatable bonds is 4. The van der Waals surface area contributed by atoms with Crippen LogP contribution in [0.15, 0.2) is 24.3 Å². The molecule has 6 nitrogen and oxygen atoms in total. The van der Waals surface area contributed by atoms with Gasteiger partial charge in [0.05, 0.1) is 6.04 Å². The normalized spacial score (nSPS) is 23.2. The summed E-state index contributed by atoms with van der Waals surface area (Å²) in [6, 6.07) is 6.32. The van der Waals surface area contributed by atoms with Gasteiger partial charge in [0.1, 0.15) is 11.9 Å². The highest BCUT2D eigenvalue weighted by molar-refractivity contribution is 5.83. The Morgan fingerprint density at radius 1 is 1.35 bits per heavy atom. The van der Waals surface area contributed by atoms with Crippen LogP contribution in [0.3, 0.4) is 0 Å². The summed E-state index contributed by atoms with van der Waals surface area (Å²) in [5, 5.41) is 21.0. The van der Waals surface area contributed by atoms with Crippen LogP contribution in [-0.4, -0.2) is 34.3 Å². The average molecular weight is 279 g/mol. The van der Waals surface area contributed by atoms with Crippen molar-refractivity contribution < 1.29 is 24.5 Å². The average Bonchev–Trinajstić information content (AvgIpc) is 2.88. The van der Waals surface area contributed by atoms with E-state index in [-0.39, 0.29) is 17.7 Å². The molecule has 1 fully saturated rings. The Kier molecular flexibility index (Phi) is 4.24. The molecule has 1 aliphatic heterocycles. The molecular weight excluding hydrogens is 262 g/mol. The van der Waals surface area contributed by atoms with Crippen LogP contribution in [0, 0.1) is 0 Å². The van der Waals surface area contributed by atoms with Crippen LogP contribution < -0.4 is 5.32 Å². The molecule has 0 aliphatic carbocycles. The number of phenols is 1. The van der Waals surface area contributed by atoms with E-state index in [4.69, 9.17) is 9.84 Å². The van der Waals surface area contributed by atoms with Gasteiger partial charge in [0, 0.05) is 0 Å². The number of carboxylic acids is 1. The van der Waals surface area contributed by atoms with Gasteiger partial charge in [0.25, 0.3) is 0 Å². The van der Waals surface area contributed by atoms with Crippen molar-refractivity contribution in [1.29, 1.82) is 0 Å². The third kappa shape index (κ3) is 3.27. The maximum atomic E-state index is 12.0. The van der Waals surface area contributed by atoms with Crippen LogP contribution in [0.5, 0.6) is 5.75 Å². The van der Waals surface area contributed by atoms with Crippen molar-refractivity contribution in [2.75, 3.05) is 0 Å². The number of carbonyl (C=O) groups excluding carboxylic acids is 1. The number of phenolic OH excluding ortho intramolecular Hbond substituents is 1. The molecule has 0 spiro atoms. The van der Waals surface area contributed by atoms with Gasteiger partial charge in [0.2, 0.25) is 5.91 Å². The summed E-state index contributed by atoms with van der Waals surface area (Å²) in [5.74, 6) is -1.24. The molecule has 1 aromatic carbocycles. The second-order valence-corrected chi connectivity index (χ2v) is 4.85. The molecule has 0 radical (unpaired) electrons. The van der Waals surface area contributed by atoms with Gasteiger partial charge < -0.3 is 20.3 Å². The van der Waals surface area contributed by atoms with Crippen molar-refractivity contribution in [2.24, 2.45) is 0 Å². The molecule has 1 aromatic rings. The number of aliphatic carboxylic acids is 1. The predicted molar refractivity (Wildman–Crippen MR) is 70.2 cm³/mol. The standard InChI is InChI=1S/C14H17NO5/c1-8(9-3-2-4-10(16)7-9)15-13(17)11-5-6-12(20-11)14(18)19/h2-4,7-8,11-12,16H,5-6H2,1H3,(H,15,17)(H,18,19). The number of hydrogen-bond acceptors (Lipinski definition) is 4. The van der Waals surface area contributed by atoms with E-state index in [2.05, 4.69) is 5.32 Å². The van der Waals surface area contributed by atoms with Crippen LogP contribution in [-0.2, 0) is 14.3 Å². The predicted octanol–water partition coefficient (Wildman–Crippen LogP) is 1.20. The largest absolute Gasteiger partial charge is 0.508 e. The molecule has 20 heavy (non-hydrogen) atoms. The Balaban J connectivity index is 1.93. The van der Waals surface area contributed by atoms with Crippen LogP contribution >= 0.6 is 0 Å². The van der Waals surface area contributed by atoms with E-state index < -0.39 is 18.2 Å². The summed E-state index contributed by atoms with van der Waals surface area (Å²) in [6.45, 7) is 1.79. The third-order valence-electron chi connectivity index (χ3n) is 3.32. The van der Waals surface area contributed by atoms with Crippen LogP contribution in [0.4, 0.5) is 0 Å². The second-order valence-electron chi connectivity index (χ2n) is 4.85. The highest BCUT2D eigenvalue weighted by Gasteiger charge is 2.35. The van der Waals surface area contributed by atoms with E-state index in [1.165, 1.54) is 0 Å². The van der Waals surface area contributed by atoms with Gasteiger partial charge in [-0.05, 0) is 37.5 Å². The van der Waals surface area contributed by atoms with Crippen molar-refractivity contribution in [3.05, 3.63) is 29.8 Å². The molecule has 1 amide bonds. The minimum atomic E-state index is -1.04. The first-order chi connectivity index (χ1) is 9.47. The molecule has 0 aromatic heterocycles. The molecule has 3 N–H and O–H groups in total. The summed E-state index contributed by atoms with van der Waals surface area (Å²) in [6.07, 6.45) is -0.888. The van der Waals surface area contributed by atoms with E-state index >= 15 is 0 Å². The first kappa shape index (κ1) is 14.3. The summed E-state index contributed by atoms with van der Waals surface area (Å²) in [5.41, 5.74) is 0.770. The van der Waals surface area contributed by atoms with Crippen LogP contribution in [0.25, 0.3) is 0 Å². The van der Waals surface area contributed by atoms with Crippen molar-refractivity contribution in [2.45, 2.75) is 38.0 Å². The Morgan fingerprint density at radius 3 is 2.65 bits per heavy atom. The molecule has 2 rings (SSSR count). The number of amides is 1. The fraction of sp³-hybridized carbons (Fsp3) is 0.429. The van der Waals surface area contributed by atoms with E-state index in [0.717, 1.165) is 5.56 Å². The number of carboxylic acid groups (broad SMARTS) is 1. The van der Waals surface area contributed by atoms with Gasteiger partial charge in [-0.3, -0.25) is 4.79 Å². The molecule has 0 saturated carbocycles. The van der Waals surface area contributed by atoms with E-state index in [9.17, 15) is 14.7 Å². The smallest absolute Gasteiger partial charge is 0.332 e. The highest BCUT2D eigenvalue weighted by Crippen LogP contribution is 2.22. The maximum Gasteiger partial charge on any atom is 0.332 e. The maximum absolute atomic E-state index is 12.0. The highest BCUT2D eigenvalue weighted by atomic mass is 16.5. The van der Waals surface area contributed by atoms with Gasteiger partial charge in [-0.2, -0.15) is 0 Å². The van der Waals surface area contributed by atoms with Crippen molar-refractivity contribution in [3.63, 3.8) is 0 Å². The van der Waals surface area contributed by atoms with Gasteiger partial charge in [-0.15, -0.1) is 0 Å². The number of carbonyl (C=O) groups is 2. The zero-order valence-corrected chi connectivity index (χ0v) is 11.1. The number of hydrogen-bond donors (Lipinski definition) is 3. The van der Waals surface area contributed by atoms with Gasteiger partial charge in [-0.1, -0.05) is 12.1 Å². The lowest BCUT2D eigenvalue weighted by atomic mass is 10.1. The summed E-state index contributed by atoms with van der Waals surface area (Å²) in [4.78, 5) is 22.8. The zero-order chi connectivity index (χ0) is 14.7. The summed E-state index contributed by atoms with van der Waals surface area (Å²) < 4.78 is 5.18. The molecule has 108 valence electrons. The monoisotopic (exact) mass is 279 g/mol. The van der Waals surface area contributed by atoms with Crippen LogP contribution in [0.1, 0.15) is 31.4 Å². The minimum Gasteiger partial charge on any atom is -0.508 e. The quantitative estimate of drug-likeness (QED) is 0.769. The fourth-order valence-electron chi connectivity index (χ4n) is 2.20. The molecule has 3 unspecified atom stereocenters. The Labute approximate surface area is 116 Å². The Morgan fingerprint density at radius 2 is 2.05 bits per heavy atom. The second kappa shape index (κ2) is 5.92. The van der Waals surface area contributed by atoms with Crippen molar-refractivity contribution in [1.82, 2.24) is 5.32 Å². The minimum absolute atomic E-state index is 0.131. The van der Waals surface area contributed by atoms with Gasteiger partial charge in [-0.25, -0.2) is 4.79 Å². The lowest BCUT2D eigenvalue weighted by Gasteiger charge is -2.17. The van der Waals surface area contributed by atoms with Crippen molar-refractivity contribution in [3.8, 4) is 5.75 Å². The molecule has 6 heteroatoms. The van der Waals surface area contributed by atoms with E-state index in [1.807, 2.05) is 0 Å². The first-order valence-corrected chi connectivity index (χ1v) is 6.45. The Bertz CT molecular complexity index is 516. The lowest BCUT2D eigenvalue weighted by molar-refractivity contribution is -0.151. The summed E-state index contributed by atoms with van der Waals surface area (Å²) >= 11 is 0. The van der Waals surface area contributed by atoms with Crippen molar-refractivity contribution >= 4 is 11.9 Å². The number of benzene rings is 1. The van der Waals surface area contributed by atoms with Crippen LogP contribution in [0.2, 0.25) is 0 Å². The Hall–Kier alpha value is -2.08. The number of ether oxygens (including phenoxy) is 1.